The largest absolute Gasteiger partial charge is 0.274 e. The van der Waals surface area contributed by atoms with Gasteiger partial charge >= 0.3 is 0 Å². The summed E-state index contributed by atoms with van der Waals surface area (Å²) in [5.41, 5.74) is 3.70. The van der Waals surface area contributed by atoms with E-state index in [0.29, 0.717) is 5.56 Å². The van der Waals surface area contributed by atoms with Crippen molar-refractivity contribution in [1.29, 1.82) is 0 Å². The van der Waals surface area contributed by atoms with Crippen LogP contribution in [0.15, 0.2) is 88.7 Å². The first-order chi connectivity index (χ1) is 13.3. The van der Waals surface area contributed by atoms with Crippen molar-refractivity contribution in [2.75, 3.05) is 0 Å². The lowest BCUT2D eigenvalue weighted by Gasteiger charge is -2.09. The minimum Gasteiger partial charge on any atom is -0.274 e. The second-order valence-electron chi connectivity index (χ2n) is 6.33. The van der Waals surface area contributed by atoms with Gasteiger partial charge in [0.2, 0.25) is 0 Å². The molecule has 0 unspecified atom stereocenters. The Balaban J connectivity index is 1.88. The van der Waals surface area contributed by atoms with Gasteiger partial charge in [0.1, 0.15) is 0 Å². The summed E-state index contributed by atoms with van der Waals surface area (Å²) in [6.07, 6.45) is 0. The summed E-state index contributed by atoms with van der Waals surface area (Å²) >= 11 is 5.22. The summed E-state index contributed by atoms with van der Waals surface area (Å²) in [4.78, 5) is 14.7. The molecule has 0 saturated heterocycles. The number of carbonyl (C=O) groups is 1. The third-order valence-electron chi connectivity index (χ3n) is 4.77. The summed E-state index contributed by atoms with van der Waals surface area (Å²) in [6.45, 7) is 0. The van der Waals surface area contributed by atoms with Crippen LogP contribution in [0.2, 0.25) is 0 Å². The maximum absolute atomic E-state index is 13.6. The van der Waals surface area contributed by atoms with Crippen LogP contribution in [0.25, 0.3) is 32.2 Å². The Morgan fingerprint density at radius 1 is 0.815 bits per heavy atom. The predicted molar refractivity (Wildman–Crippen MR) is 117 cm³/mol. The topological polar surface area (TPSA) is 22.0 Å². The molecule has 0 saturated carbocycles. The van der Waals surface area contributed by atoms with Crippen LogP contribution < -0.4 is 0 Å². The van der Waals surface area contributed by atoms with Crippen molar-refractivity contribution in [3.63, 3.8) is 0 Å². The number of rotatable bonds is 2. The van der Waals surface area contributed by atoms with E-state index < -0.39 is 0 Å². The van der Waals surface area contributed by atoms with E-state index in [1.54, 1.807) is 11.3 Å². The fraction of sp³-hybridized carbons (Fsp3) is 0. The Kier molecular flexibility index (Phi) is 3.96. The van der Waals surface area contributed by atoms with Crippen LogP contribution in [0.5, 0.6) is 0 Å². The number of hydrogen-bond donors (Lipinski definition) is 0. The molecule has 2 nitrogen and oxygen atoms in total. The van der Waals surface area contributed by atoms with Crippen LogP contribution in [-0.2, 0) is 0 Å². The van der Waals surface area contributed by atoms with Crippen molar-refractivity contribution in [2.24, 2.45) is 0 Å². The number of para-hydroxylation sites is 1. The third kappa shape index (κ3) is 2.56. The highest BCUT2D eigenvalue weighted by molar-refractivity contribution is 9.10. The van der Waals surface area contributed by atoms with Crippen molar-refractivity contribution in [2.45, 2.75) is 0 Å². The number of fused-ring (bicyclic) bond motifs is 3. The maximum Gasteiger partial charge on any atom is 0.264 e. The van der Waals surface area contributed by atoms with Crippen molar-refractivity contribution in [3.05, 3.63) is 94.3 Å². The normalized spacial score (nSPS) is 11.3. The highest BCUT2D eigenvalue weighted by Crippen LogP contribution is 2.41. The Labute approximate surface area is 168 Å². The van der Waals surface area contributed by atoms with Crippen LogP contribution in [0.4, 0.5) is 0 Å². The zero-order chi connectivity index (χ0) is 18.4. The fourth-order valence-corrected chi connectivity index (χ4v) is 5.06. The first-order valence-corrected chi connectivity index (χ1v) is 10.3. The monoisotopic (exact) mass is 431 g/mol. The van der Waals surface area contributed by atoms with Gasteiger partial charge in [0.15, 0.2) is 0 Å². The molecule has 5 rings (SSSR count). The molecule has 0 atom stereocenters. The second kappa shape index (κ2) is 6.48. The molecule has 4 heteroatoms. The third-order valence-corrected chi connectivity index (χ3v) is 6.48. The predicted octanol–water partition coefficient (Wildman–Crippen LogP) is 6.97. The van der Waals surface area contributed by atoms with Gasteiger partial charge in [-0.05, 0) is 39.7 Å². The standard InChI is InChI=1S/C23H14BrNOS/c24-19-12-6-4-11-17(19)23(26)25-20-13-7-5-10-16(20)18-14-27-22(21(18)25)15-8-2-1-3-9-15/h1-14H. The summed E-state index contributed by atoms with van der Waals surface area (Å²) < 4.78 is 2.67. The Bertz CT molecular complexity index is 1300. The van der Waals surface area contributed by atoms with E-state index in [-0.39, 0.29) is 5.91 Å². The van der Waals surface area contributed by atoms with E-state index >= 15 is 0 Å². The van der Waals surface area contributed by atoms with E-state index in [2.05, 4.69) is 39.5 Å². The van der Waals surface area contributed by atoms with Crippen LogP contribution >= 0.6 is 27.3 Å². The molecule has 27 heavy (non-hydrogen) atoms. The molecule has 0 spiro atoms. The first-order valence-electron chi connectivity index (χ1n) is 8.61. The quantitative estimate of drug-likeness (QED) is 0.295. The molecule has 0 amide bonds. The summed E-state index contributed by atoms with van der Waals surface area (Å²) in [7, 11) is 0. The molecule has 0 aliphatic carbocycles. The van der Waals surface area contributed by atoms with Gasteiger partial charge < -0.3 is 0 Å². The molecule has 0 aliphatic rings. The molecule has 0 fully saturated rings. The minimum absolute atomic E-state index is 0.0238. The van der Waals surface area contributed by atoms with Gasteiger partial charge in [-0.15, -0.1) is 11.3 Å². The van der Waals surface area contributed by atoms with Crippen molar-refractivity contribution in [3.8, 4) is 10.4 Å². The molecular formula is C23H14BrNOS. The molecule has 0 aliphatic heterocycles. The van der Waals surface area contributed by atoms with Gasteiger partial charge in [-0.25, -0.2) is 0 Å². The second-order valence-corrected chi connectivity index (χ2v) is 8.06. The number of hydrogen-bond acceptors (Lipinski definition) is 2. The highest BCUT2D eigenvalue weighted by Gasteiger charge is 2.22. The number of nitrogens with zero attached hydrogens (tertiary/aromatic N) is 1. The van der Waals surface area contributed by atoms with Crippen LogP contribution in [0.1, 0.15) is 10.4 Å². The molecule has 2 heterocycles. The first kappa shape index (κ1) is 16.5. The lowest BCUT2D eigenvalue weighted by Crippen LogP contribution is -2.12. The lowest BCUT2D eigenvalue weighted by atomic mass is 10.1. The summed E-state index contributed by atoms with van der Waals surface area (Å²) in [6, 6.07) is 26.0. The number of aromatic nitrogens is 1. The summed E-state index contributed by atoms with van der Waals surface area (Å²) in [5.74, 6) is -0.0238. The summed E-state index contributed by atoms with van der Waals surface area (Å²) in [5, 5.41) is 4.38. The average molecular weight is 432 g/mol. The molecule has 0 bridgehead atoms. The van der Waals surface area contributed by atoms with Crippen LogP contribution in [0, 0.1) is 0 Å². The molecule has 2 aromatic heterocycles. The average Bonchev–Trinajstić information content (AvgIpc) is 3.27. The van der Waals surface area contributed by atoms with Gasteiger partial charge in [-0.1, -0.05) is 60.7 Å². The van der Waals surface area contributed by atoms with Crippen LogP contribution in [0.3, 0.4) is 0 Å². The van der Waals surface area contributed by atoms with Gasteiger partial charge in [0.05, 0.1) is 21.5 Å². The number of thiophene rings is 1. The minimum atomic E-state index is -0.0238. The number of halogens is 1. The van der Waals surface area contributed by atoms with Crippen molar-refractivity contribution >= 4 is 55.0 Å². The molecule has 5 aromatic rings. The van der Waals surface area contributed by atoms with Gasteiger partial charge in [0.25, 0.3) is 5.91 Å². The maximum atomic E-state index is 13.6. The molecule has 0 radical (unpaired) electrons. The van der Waals surface area contributed by atoms with E-state index in [1.807, 2.05) is 65.2 Å². The lowest BCUT2D eigenvalue weighted by molar-refractivity contribution is 0.0969. The molecular weight excluding hydrogens is 418 g/mol. The smallest absolute Gasteiger partial charge is 0.264 e. The Hall–Kier alpha value is -2.69. The number of carbonyl (C=O) groups excluding carboxylic acids is 1. The van der Waals surface area contributed by atoms with Crippen LogP contribution in [-0.4, -0.2) is 10.5 Å². The Morgan fingerprint density at radius 3 is 2.33 bits per heavy atom. The fourth-order valence-electron chi connectivity index (χ4n) is 3.54. The van der Waals surface area contributed by atoms with Gasteiger partial charge in [-0.2, -0.15) is 0 Å². The van der Waals surface area contributed by atoms with Crippen molar-refractivity contribution in [1.82, 2.24) is 4.57 Å². The SMILES string of the molecule is O=C(c1ccccc1Br)n1c2ccccc2c2csc(-c3ccccc3)c21. The molecule has 0 N–H and O–H groups in total. The van der Waals surface area contributed by atoms with E-state index in [4.69, 9.17) is 0 Å². The molecule has 3 aromatic carbocycles. The van der Waals surface area contributed by atoms with Gasteiger partial charge in [0, 0.05) is 20.6 Å². The van der Waals surface area contributed by atoms with Gasteiger partial charge in [-0.3, -0.25) is 9.36 Å². The van der Waals surface area contributed by atoms with Crippen molar-refractivity contribution < 1.29 is 4.79 Å². The Morgan fingerprint density at radius 2 is 1.52 bits per heavy atom. The molecule has 130 valence electrons. The van der Waals surface area contributed by atoms with E-state index in [0.717, 1.165) is 36.7 Å². The highest BCUT2D eigenvalue weighted by atomic mass is 79.9. The zero-order valence-corrected chi connectivity index (χ0v) is 16.6. The zero-order valence-electron chi connectivity index (χ0n) is 14.2. The van der Waals surface area contributed by atoms with E-state index in [9.17, 15) is 4.79 Å². The van der Waals surface area contributed by atoms with E-state index in [1.165, 1.54) is 0 Å². The number of benzene rings is 3.